The zero-order valence-electron chi connectivity index (χ0n) is 10.4. The highest BCUT2D eigenvalue weighted by atomic mass is 33.1. The Kier molecular flexibility index (Phi) is 5.92. The van der Waals surface area contributed by atoms with Crippen molar-refractivity contribution in [3.63, 3.8) is 0 Å². The summed E-state index contributed by atoms with van der Waals surface area (Å²) in [5, 5.41) is 0. The van der Waals surface area contributed by atoms with Gasteiger partial charge in [0.15, 0.2) is 0 Å². The molecule has 17 heavy (non-hydrogen) atoms. The van der Waals surface area contributed by atoms with E-state index in [1.165, 1.54) is 4.90 Å². The van der Waals surface area contributed by atoms with Crippen LogP contribution in [0, 0.1) is 5.41 Å². The average molecular weight is 270 g/mol. The fourth-order valence-corrected chi connectivity index (χ4v) is 2.81. The molecule has 0 unspecified atom stereocenters. The Labute approximate surface area is 111 Å². The Morgan fingerprint density at radius 3 is 2.47 bits per heavy atom. The van der Waals surface area contributed by atoms with E-state index in [4.69, 9.17) is 4.74 Å². The maximum atomic E-state index is 11.5. The molecule has 0 heterocycles. The highest BCUT2D eigenvalue weighted by Gasteiger charge is 2.22. The molecular weight excluding hydrogens is 252 g/mol. The summed E-state index contributed by atoms with van der Waals surface area (Å²) >= 11 is 0. The molecule has 0 radical (unpaired) electrons. The molecular formula is C13H18O2S2. The first-order valence-corrected chi connectivity index (χ1v) is 7.84. The van der Waals surface area contributed by atoms with E-state index in [0.29, 0.717) is 6.61 Å². The summed E-state index contributed by atoms with van der Waals surface area (Å²) in [6.07, 6.45) is 0. The molecule has 0 aliphatic carbocycles. The zero-order valence-corrected chi connectivity index (χ0v) is 12.1. The summed E-state index contributed by atoms with van der Waals surface area (Å²) in [7, 11) is 3.40. The highest BCUT2D eigenvalue weighted by molar-refractivity contribution is 8.76. The van der Waals surface area contributed by atoms with Crippen molar-refractivity contribution in [1.82, 2.24) is 0 Å². The maximum Gasteiger partial charge on any atom is 0.311 e. The van der Waals surface area contributed by atoms with Crippen LogP contribution in [0.4, 0.5) is 0 Å². The van der Waals surface area contributed by atoms with Crippen molar-refractivity contribution in [2.45, 2.75) is 25.7 Å². The molecule has 0 saturated heterocycles. The summed E-state index contributed by atoms with van der Waals surface area (Å²) in [6.45, 7) is 6.06. The first kappa shape index (κ1) is 14.5. The topological polar surface area (TPSA) is 26.3 Å². The van der Waals surface area contributed by atoms with E-state index in [1.54, 1.807) is 21.6 Å². The molecule has 0 atom stereocenters. The van der Waals surface area contributed by atoms with Crippen LogP contribution in [0.1, 0.15) is 20.8 Å². The number of esters is 1. The van der Waals surface area contributed by atoms with Crippen LogP contribution < -0.4 is 0 Å². The minimum absolute atomic E-state index is 0.136. The predicted molar refractivity (Wildman–Crippen MR) is 75.2 cm³/mol. The molecule has 94 valence electrons. The second-order valence-corrected chi connectivity index (χ2v) is 7.09. The zero-order chi connectivity index (χ0) is 12.7. The number of carbonyl (C=O) groups excluding carboxylic acids is 1. The molecule has 0 fully saturated rings. The summed E-state index contributed by atoms with van der Waals surface area (Å²) in [5.41, 5.74) is -0.406. The molecule has 0 aromatic heterocycles. The van der Waals surface area contributed by atoms with Crippen LogP contribution in [0.15, 0.2) is 35.2 Å². The molecule has 0 bridgehead atoms. The van der Waals surface area contributed by atoms with E-state index in [2.05, 4.69) is 12.1 Å². The van der Waals surface area contributed by atoms with Crippen LogP contribution in [0.25, 0.3) is 0 Å². The Balaban J connectivity index is 2.12. The van der Waals surface area contributed by atoms with Crippen molar-refractivity contribution in [1.29, 1.82) is 0 Å². The van der Waals surface area contributed by atoms with E-state index in [1.807, 2.05) is 39.0 Å². The van der Waals surface area contributed by atoms with Crippen molar-refractivity contribution < 1.29 is 9.53 Å². The molecule has 0 aliphatic rings. The van der Waals surface area contributed by atoms with Gasteiger partial charge in [0, 0.05) is 10.6 Å². The third-order valence-corrected chi connectivity index (χ3v) is 4.26. The molecule has 0 saturated carbocycles. The van der Waals surface area contributed by atoms with E-state index in [0.717, 1.165) is 5.75 Å². The van der Waals surface area contributed by atoms with Crippen LogP contribution in [0.5, 0.6) is 0 Å². The van der Waals surface area contributed by atoms with E-state index >= 15 is 0 Å². The fraction of sp³-hybridized carbons (Fsp3) is 0.462. The van der Waals surface area contributed by atoms with Crippen molar-refractivity contribution >= 4 is 27.6 Å². The lowest BCUT2D eigenvalue weighted by Gasteiger charge is -2.16. The highest BCUT2D eigenvalue weighted by Crippen LogP contribution is 2.30. The lowest BCUT2D eigenvalue weighted by molar-refractivity contribution is -0.152. The van der Waals surface area contributed by atoms with E-state index < -0.39 is 5.41 Å². The van der Waals surface area contributed by atoms with Gasteiger partial charge in [0.2, 0.25) is 0 Å². The van der Waals surface area contributed by atoms with Crippen LogP contribution >= 0.6 is 21.6 Å². The average Bonchev–Trinajstić information content (AvgIpc) is 2.28. The molecule has 4 heteroatoms. The summed E-state index contributed by atoms with van der Waals surface area (Å²) in [4.78, 5) is 12.7. The number of hydrogen-bond acceptors (Lipinski definition) is 4. The van der Waals surface area contributed by atoms with Gasteiger partial charge in [-0.25, -0.2) is 0 Å². The molecule has 1 rings (SSSR count). The van der Waals surface area contributed by atoms with Gasteiger partial charge in [-0.15, -0.1) is 0 Å². The number of ether oxygens (including phenoxy) is 1. The minimum Gasteiger partial charge on any atom is -0.464 e. The standard InChI is InChI=1S/C13H18O2S2/c1-13(2,3)12(14)15-9-10-16-17-11-7-5-4-6-8-11/h4-8H,9-10H2,1-3H3. The lowest BCUT2D eigenvalue weighted by atomic mass is 9.97. The number of carbonyl (C=O) groups is 1. The van der Waals surface area contributed by atoms with Gasteiger partial charge in [-0.3, -0.25) is 4.79 Å². The predicted octanol–water partition coefficient (Wildman–Crippen LogP) is 4.02. The molecule has 1 aromatic rings. The van der Waals surface area contributed by atoms with Crippen molar-refractivity contribution in [3.05, 3.63) is 30.3 Å². The van der Waals surface area contributed by atoms with Crippen LogP contribution in [-0.4, -0.2) is 18.3 Å². The van der Waals surface area contributed by atoms with E-state index in [-0.39, 0.29) is 5.97 Å². The Hall–Kier alpha value is -0.610. The Bertz CT molecular complexity index is 344. The molecule has 2 nitrogen and oxygen atoms in total. The smallest absolute Gasteiger partial charge is 0.311 e. The number of hydrogen-bond donors (Lipinski definition) is 0. The third-order valence-electron chi connectivity index (χ3n) is 1.91. The summed E-state index contributed by atoms with van der Waals surface area (Å²) < 4.78 is 5.17. The molecule has 0 N–H and O–H groups in total. The van der Waals surface area contributed by atoms with Gasteiger partial charge in [0.25, 0.3) is 0 Å². The quantitative estimate of drug-likeness (QED) is 0.459. The second kappa shape index (κ2) is 6.97. The van der Waals surface area contributed by atoms with Gasteiger partial charge in [-0.1, -0.05) is 39.8 Å². The number of benzene rings is 1. The van der Waals surface area contributed by atoms with Crippen molar-refractivity contribution in [2.24, 2.45) is 5.41 Å². The monoisotopic (exact) mass is 270 g/mol. The second-order valence-electron chi connectivity index (χ2n) is 4.60. The van der Waals surface area contributed by atoms with Crippen molar-refractivity contribution in [3.8, 4) is 0 Å². The van der Waals surface area contributed by atoms with Gasteiger partial charge in [0.1, 0.15) is 6.61 Å². The van der Waals surface area contributed by atoms with Gasteiger partial charge >= 0.3 is 5.97 Å². The normalized spacial score (nSPS) is 11.2. The van der Waals surface area contributed by atoms with Gasteiger partial charge < -0.3 is 4.74 Å². The largest absolute Gasteiger partial charge is 0.464 e. The van der Waals surface area contributed by atoms with E-state index in [9.17, 15) is 4.79 Å². The minimum atomic E-state index is -0.406. The third kappa shape index (κ3) is 6.03. The van der Waals surface area contributed by atoms with Gasteiger partial charge in [0.05, 0.1) is 5.41 Å². The fourth-order valence-electron chi connectivity index (χ4n) is 0.971. The Morgan fingerprint density at radius 1 is 1.24 bits per heavy atom. The maximum absolute atomic E-state index is 11.5. The van der Waals surface area contributed by atoms with Gasteiger partial charge in [-0.2, -0.15) is 0 Å². The molecule has 1 aromatic carbocycles. The van der Waals surface area contributed by atoms with Crippen LogP contribution in [0.2, 0.25) is 0 Å². The van der Waals surface area contributed by atoms with Gasteiger partial charge in [-0.05, 0) is 32.9 Å². The summed E-state index contributed by atoms with van der Waals surface area (Å²) in [6, 6.07) is 10.2. The molecule has 0 aliphatic heterocycles. The number of rotatable bonds is 5. The molecule has 0 spiro atoms. The van der Waals surface area contributed by atoms with Crippen molar-refractivity contribution in [2.75, 3.05) is 12.4 Å². The SMILES string of the molecule is CC(C)(C)C(=O)OCCSSc1ccccc1. The van der Waals surface area contributed by atoms with Crippen LogP contribution in [-0.2, 0) is 9.53 Å². The first-order valence-electron chi connectivity index (χ1n) is 5.52. The van der Waals surface area contributed by atoms with Crippen LogP contribution in [0.3, 0.4) is 0 Å². The Morgan fingerprint density at radius 2 is 1.88 bits per heavy atom. The first-order chi connectivity index (χ1) is 8.00. The lowest BCUT2D eigenvalue weighted by Crippen LogP contribution is -2.23. The summed E-state index contributed by atoms with van der Waals surface area (Å²) in [5.74, 6) is 0.671. The molecule has 0 amide bonds.